The molecule has 1 fully saturated rings. The number of benzene rings is 1. The quantitative estimate of drug-likeness (QED) is 0.794. The van der Waals surface area contributed by atoms with Crippen LogP contribution in [-0.2, 0) is 4.84 Å². The highest BCUT2D eigenvalue weighted by Gasteiger charge is 2.23. The molecule has 16 heavy (non-hydrogen) atoms. The molecule has 1 aromatic carbocycles. The second-order valence-corrected chi connectivity index (χ2v) is 4.46. The first-order valence-corrected chi connectivity index (χ1v) is 5.97. The number of hydrogen-bond donors (Lipinski definition) is 1. The van der Waals surface area contributed by atoms with Gasteiger partial charge in [0.15, 0.2) is 0 Å². The molecule has 0 aliphatic carbocycles. The third-order valence-corrected chi connectivity index (χ3v) is 3.34. The van der Waals surface area contributed by atoms with E-state index in [2.05, 4.69) is 36.1 Å². The van der Waals surface area contributed by atoms with Gasteiger partial charge in [-0.25, -0.2) is 5.90 Å². The highest BCUT2D eigenvalue weighted by Crippen LogP contribution is 2.27. The Balaban J connectivity index is 2.19. The van der Waals surface area contributed by atoms with Crippen molar-refractivity contribution in [1.82, 2.24) is 0 Å². The molecule has 0 bridgehead atoms. The van der Waals surface area contributed by atoms with Crippen molar-refractivity contribution >= 4 is 5.69 Å². The van der Waals surface area contributed by atoms with Crippen molar-refractivity contribution in [2.45, 2.75) is 32.2 Å². The van der Waals surface area contributed by atoms with E-state index in [4.69, 9.17) is 10.7 Å². The van der Waals surface area contributed by atoms with Crippen molar-refractivity contribution in [2.75, 3.05) is 18.1 Å². The zero-order chi connectivity index (χ0) is 11.4. The minimum Gasteiger partial charge on any atom is -0.366 e. The maximum absolute atomic E-state index is 5.21. The summed E-state index contributed by atoms with van der Waals surface area (Å²) in [6.07, 6.45) is 3.71. The fraction of sp³-hybridized carbons (Fsp3) is 0.538. The molecule has 0 amide bonds. The number of piperidine rings is 1. The summed E-state index contributed by atoms with van der Waals surface area (Å²) in [5.74, 6) is 5.21. The molecule has 0 spiro atoms. The van der Waals surface area contributed by atoms with Crippen LogP contribution in [0.25, 0.3) is 0 Å². The Morgan fingerprint density at radius 2 is 2.19 bits per heavy atom. The van der Waals surface area contributed by atoms with Crippen LogP contribution in [0.3, 0.4) is 0 Å². The summed E-state index contributed by atoms with van der Waals surface area (Å²) in [5, 5.41) is 0. The van der Waals surface area contributed by atoms with E-state index in [1.165, 1.54) is 30.5 Å². The topological polar surface area (TPSA) is 38.5 Å². The molecule has 1 aliphatic heterocycles. The first-order valence-electron chi connectivity index (χ1n) is 5.97. The smallest absolute Gasteiger partial charge is 0.0882 e. The van der Waals surface area contributed by atoms with Crippen LogP contribution in [0.1, 0.15) is 24.8 Å². The number of aryl methyl sites for hydroxylation is 1. The van der Waals surface area contributed by atoms with Gasteiger partial charge in [-0.1, -0.05) is 18.2 Å². The fourth-order valence-electron chi connectivity index (χ4n) is 2.49. The Hall–Kier alpha value is -1.06. The van der Waals surface area contributed by atoms with Gasteiger partial charge in [-0.15, -0.1) is 0 Å². The van der Waals surface area contributed by atoms with E-state index in [0.717, 1.165) is 6.54 Å². The van der Waals surface area contributed by atoms with Crippen molar-refractivity contribution in [3.63, 3.8) is 0 Å². The third kappa shape index (κ3) is 2.36. The second kappa shape index (κ2) is 5.32. The number of anilines is 1. The minimum absolute atomic E-state index is 0.430. The Labute approximate surface area is 97.1 Å². The largest absolute Gasteiger partial charge is 0.366 e. The van der Waals surface area contributed by atoms with E-state index < -0.39 is 0 Å². The zero-order valence-corrected chi connectivity index (χ0v) is 9.86. The summed E-state index contributed by atoms with van der Waals surface area (Å²) in [4.78, 5) is 7.27. The highest BCUT2D eigenvalue weighted by atomic mass is 16.6. The number of hydrogen-bond acceptors (Lipinski definition) is 3. The number of nitrogens with two attached hydrogens (primary N) is 1. The van der Waals surface area contributed by atoms with Crippen molar-refractivity contribution in [1.29, 1.82) is 0 Å². The van der Waals surface area contributed by atoms with Gasteiger partial charge in [0, 0.05) is 12.2 Å². The molecule has 1 aromatic rings. The van der Waals surface area contributed by atoms with E-state index in [-0.39, 0.29) is 0 Å². The molecule has 1 unspecified atom stereocenters. The number of nitrogens with zero attached hydrogens (tertiary/aromatic N) is 1. The van der Waals surface area contributed by atoms with Crippen molar-refractivity contribution < 1.29 is 4.84 Å². The molecule has 88 valence electrons. The molecular weight excluding hydrogens is 200 g/mol. The van der Waals surface area contributed by atoms with E-state index in [1.54, 1.807) is 0 Å². The Morgan fingerprint density at radius 3 is 2.94 bits per heavy atom. The monoisotopic (exact) mass is 220 g/mol. The molecule has 0 radical (unpaired) electrons. The van der Waals surface area contributed by atoms with E-state index in [1.807, 2.05) is 0 Å². The molecule has 2 N–H and O–H groups in total. The van der Waals surface area contributed by atoms with Crippen molar-refractivity contribution in [3.8, 4) is 0 Å². The van der Waals surface area contributed by atoms with Gasteiger partial charge in [0.25, 0.3) is 0 Å². The lowest BCUT2D eigenvalue weighted by molar-refractivity contribution is 0.114. The summed E-state index contributed by atoms with van der Waals surface area (Å²) in [5.41, 5.74) is 2.65. The van der Waals surface area contributed by atoms with Crippen molar-refractivity contribution in [3.05, 3.63) is 29.8 Å². The normalized spacial score (nSPS) is 21.1. The molecular formula is C13H20N2O. The number of para-hydroxylation sites is 1. The van der Waals surface area contributed by atoms with Gasteiger partial charge in [0.05, 0.1) is 12.6 Å². The second-order valence-electron chi connectivity index (χ2n) is 4.46. The van der Waals surface area contributed by atoms with Gasteiger partial charge in [-0.05, 0) is 37.8 Å². The van der Waals surface area contributed by atoms with Crippen LogP contribution in [0.2, 0.25) is 0 Å². The molecule has 3 heteroatoms. The lowest BCUT2D eigenvalue weighted by atomic mass is 10.0. The first kappa shape index (κ1) is 11.4. The lowest BCUT2D eigenvalue weighted by Gasteiger charge is -2.37. The molecule has 1 saturated heterocycles. The summed E-state index contributed by atoms with van der Waals surface area (Å²) in [6.45, 7) is 3.89. The molecule has 0 aromatic heterocycles. The van der Waals surface area contributed by atoms with Gasteiger partial charge < -0.3 is 9.74 Å². The van der Waals surface area contributed by atoms with Gasteiger partial charge >= 0.3 is 0 Å². The van der Waals surface area contributed by atoms with E-state index in [0.29, 0.717) is 12.6 Å². The third-order valence-electron chi connectivity index (χ3n) is 3.34. The fourth-order valence-corrected chi connectivity index (χ4v) is 2.49. The summed E-state index contributed by atoms with van der Waals surface area (Å²) in [6, 6.07) is 8.95. The predicted molar refractivity (Wildman–Crippen MR) is 66.3 cm³/mol. The minimum atomic E-state index is 0.430. The molecule has 3 nitrogen and oxygen atoms in total. The maximum atomic E-state index is 5.21. The molecule has 1 atom stereocenters. The van der Waals surface area contributed by atoms with Gasteiger partial charge in [-0.3, -0.25) is 0 Å². The van der Waals surface area contributed by atoms with E-state index >= 15 is 0 Å². The summed E-state index contributed by atoms with van der Waals surface area (Å²) < 4.78 is 0. The predicted octanol–water partition coefficient (Wildman–Crippen LogP) is 2.24. The Bertz CT molecular complexity index is 338. The lowest BCUT2D eigenvalue weighted by Crippen LogP contribution is -2.43. The average molecular weight is 220 g/mol. The molecule has 0 saturated carbocycles. The van der Waals surface area contributed by atoms with Gasteiger partial charge in [0.1, 0.15) is 0 Å². The summed E-state index contributed by atoms with van der Waals surface area (Å²) in [7, 11) is 0. The van der Waals surface area contributed by atoms with Crippen LogP contribution < -0.4 is 10.8 Å². The highest BCUT2D eigenvalue weighted by molar-refractivity contribution is 5.54. The SMILES string of the molecule is Cc1ccccc1N1CCCCC1CON. The van der Waals surface area contributed by atoms with Crippen LogP contribution in [0, 0.1) is 6.92 Å². The van der Waals surface area contributed by atoms with Crippen LogP contribution in [0.5, 0.6) is 0 Å². The molecule has 1 aliphatic rings. The molecule has 2 rings (SSSR count). The Morgan fingerprint density at radius 1 is 1.38 bits per heavy atom. The maximum Gasteiger partial charge on any atom is 0.0882 e. The number of rotatable bonds is 3. The van der Waals surface area contributed by atoms with Crippen molar-refractivity contribution in [2.24, 2.45) is 5.90 Å². The first-order chi connectivity index (χ1) is 7.83. The van der Waals surface area contributed by atoms with Crippen LogP contribution in [0.4, 0.5) is 5.69 Å². The Kier molecular flexibility index (Phi) is 3.80. The molecule has 1 heterocycles. The van der Waals surface area contributed by atoms with E-state index in [9.17, 15) is 0 Å². The zero-order valence-electron chi connectivity index (χ0n) is 9.86. The average Bonchev–Trinajstić information content (AvgIpc) is 2.31. The standard InChI is InChI=1S/C13H20N2O/c1-11-6-2-3-8-13(11)15-9-5-4-7-12(15)10-16-14/h2-3,6,8,12H,4-5,7,9-10,14H2,1H3. The van der Waals surface area contributed by atoms with Gasteiger partial charge in [0.2, 0.25) is 0 Å². The summed E-state index contributed by atoms with van der Waals surface area (Å²) >= 11 is 0. The van der Waals surface area contributed by atoms with Crippen LogP contribution >= 0.6 is 0 Å². The van der Waals surface area contributed by atoms with Crippen LogP contribution in [-0.4, -0.2) is 19.2 Å². The van der Waals surface area contributed by atoms with Gasteiger partial charge in [-0.2, -0.15) is 0 Å². The van der Waals surface area contributed by atoms with Crippen LogP contribution in [0.15, 0.2) is 24.3 Å².